The van der Waals surface area contributed by atoms with E-state index in [9.17, 15) is 0 Å². The maximum Gasteiger partial charge on any atom is 0.297 e. The molecular formula is C6H9N4S+. The molecule has 5 heteroatoms. The van der Waals surface area contributed by atoms with Crippen molar-refractivity contribution in [3.63, 3.8) is 0 Å². The number of aromatic nitrogens is 4. The van der Waals surface area contributed by atoms with Crippen LogP contribution in [0.25, 0.3) is 5.65 Å². The number of hydrogen-bond donors (Lipinski definition) is 0. The Morgan fingerprint density at radius 2 is 2.45 bits per heavy atom. The number of thiazole rings is 1. The first kappa shape index (κ1) is 6.72. The summed E-state index contributed by atoms with van der Waals surface area (Å²) in [6, 6.07) is 0.377. The van der Waals surface area contributed by atoms with E-state index >= 15 is 0 Å². The summed E-state index contributed by atoms with van der Waals surface area (Å²) in [4.78, 5) is 0. The average Bonchev–Trinajstić information content (AvgIpc) is 2.41. The zero-order valence-corrected chi connectivity index (χ0v) is 7.25. The highest BCUT2D eigenvalue weighted by molar-refractivity contribution is 7.07. The normalized spacial score (nSPS) is 11.5. The van der Waals surface area contributed by atoms with Gasteiger partial charge in [-0.05, 0) is 13.8 Å². The van der Waals surface area contributed by atoms with Crippen LogP contribution in [-0.2, 0) is 0 Å². The van der Waals surface area contributed by atoms with E-state index in [-0.39, 0.29) is 0 Å². The Bertz CT molecular complexity index is 361. The highest BCUT2D eigenvalue weighted by Gasteiger charge is 2.15. The fraction of sp³-hybridized carbons (Fsp3) is 0.500. The molecule has 11 heavy (non-hydrogen) atoms. The molecule has 58 valence electrons. The third-order valence-corrected chi connectivity index (χ3v) is 2.19. The lowest BCUT2D eigenvalue weighted by atomic mass is 10.4. The molecule has 0 fully saturated rings. The van der Waals surface area contributed by atoms with Gasteiger partial charge in [0.25, 0.3) is 5.65 Å². The Balaban J connectivity index is 2.68. The molecule has 2 heterocycles. The number of hydrogen-bond acceptors (Lipinski definition) is 3. The van der Waals surface area contributed by atoms with Crippen molar-refractivity contribution in [2.75, 3.05) is 0 Å². The van der Waals surface area contributed by atoms with Crippen LogP contribution in [0.5, 0.6) is 0 Å². The zero-order chi connectivity index (χ0) is 7.84. The van der Waals surface area contributed by atoms with E-state index in [0.29, 0.717) is 6.04 Å². The van der Waals surface area contributed by atoms with Gasteiger partial charge in [0.1, 0.15) is 16.8 Å². The second-order valence-corrected chi connectivity index (χ2v) is 3.40. The second-order valence-electron chi connectivity index (χ2n) is 2.68. The Labute approximate surface area is 68.1 Å². The van der Waals surface area contributed by atoms with Crippen LogP contribution in [0.4, 0.5) is 0 Å². The molecule has 0 atom stereocenters. The van der Waals surface area contributed by atoms with Gasteiger partial charge in [-0.25, -0.2) is 0 Å². The van der Waals surface area contributed by atoms with Gasteiger partial charge in [0.15, 0.2) is 5.21 Å². The Hall–Kier alpha value is -0.970. The summed E-state index contributed by atoms with van der Waals surface area (Å²) in [5, 5.41) is 9.97. The molecular weight excluding hydrogens is 160 g/mol. The van der Waals surface area contributed by atoms with Gasteiger partial charge in [-0.2, -0.15) is 0 Å². The maximum absolute atomic E-state index is 3.99. The molecule has 0 saturated heterocycles. The van der Waals surface area contributed by atoms with Crippen molar-refractivity contribution in [2.24, 2.45) is 0 Å². The van der Waals surface area contributed by atoms with Gasteiger partial charge in [0.2, 0.25) is 0 Å². The minimum atomic E-state index is 0.377. The molecule has 2 aromatic heterocycles. The van der Waals surface area contributed by atoms with E-state index < -0.39 is 0 Å². The molecule has 0 aliphatic rings. The van der Waals surface area contributed by atoms with Gasteiger partial charge >= 0.3 is 0 Å². The van der Waals surface area contributed by atoms with Crippen LogP contribution in [0, 0.1) is 0 Å². The lowest BCUT2D eigenvalue weighted by Gasteiger charge is -1.91. The SMILES string of the molecule is CC(C)n1nn[n+]2cscc12. The van der Waals surface area contributed by atoms with Gasteiger partial charge < -0.3 is 0 Å². The molecule has 0 aromatic carbocycles. The molecule has 2 aromatic rings. The van der Waals surface area contributed by atoms with Gasteiger partial charge in [-0.15, -0.1) is 11.3 Å². The van der Waals surface area contributed by atoms with Crippen LogP contribution >= 0.6 is 11.3 Å². The van der Waals surface area contributed by atoms with E-state index in [0.717, 1.165) is 5.65 Å². The monoisotopic (exact) mass is 169 g/mol. The van der Waals surface area contributed by atoms with Crippen molar-refractivity contribution in [3.05, 3.63) is 10.9 Å². The van der Waals surface area contributed by atoms with Crippen LogP contribution in [-0.4, -0.2) is 15.1 Å². The van der Waals surface area contributed by atoms with Crippen molar-refractivity contribution in [1.82, 2.24) is 15.1 Å². The summed E-state index contributed by atoms with van der Waals surface area (Å²) in [7, 11) is 0. The minimum absolute atomic E-state index is 0.377. The average molecular weight is 169 g/mol. The fourth-order valence-corrected chi connectivity index (χ4v) is 1.65. The van der Waals surface area contributed by atoms with Crippen LogP contribution in [0.2, 0.25) is 0 Å². The first-order valence-electron chi connectivity index (χ1n) is 3.48. The Kier molecular flexibility index (Phi) is 1.38. The Morgan fingerprint density at radius 1 is 1.64 bits per heavy atom. The van der Waals surface area contributed by atoms with E-state index in [1.165, 1.54) is 0 Å². The lowest BCUT2D eigenvalue weighted by Crippen LogP contribution is -2.19. The number of tetrazole rings is 1. The molecule has 0 radical (unpaired) electrons. The summed E-state index contributed by atoms with van der Waals surface area (Å²) in [5.74, 6) is 0. The van der Waals surface area contributed by atoms with Crippen LogP contribution in [0.3, 0.4) is 0 Å². The molecule has 2 rings (SSSR count). The summed E-state index contributed by atoms with van der Waals surface area (Å²) >= 11 is 1.63. The zero-order valence-electron chi connectivity index (χ0n) is 6.43. The fourth-order valence-electron chi connectivity index (χ4n) is 0.983. The van der Waals surface area contributed by atoms with Crippen molar-refractivity contribution in [2.45, 2.75) is 19.9 Å². The Morgan fingerprint density at radius 3 is 3.18 bits per heavy atom. The molecule has 0 bridgehead atoms. The van der Waals surface area contributed by atoms with Crippen molar-refractivity contribution < 1.29 is 4.52 Å². The van der Waals surface area contributed by atoms with E-state index in [2.05, 4.69) is 24.3 Å². The summed E-state index contributed by atoms with van der Waals surface area (Å²) in [5.41, 5.74) is 2.99. The van der Waals surface area contributed by atoms with Crippen molar-refractivity contribution in [3.8, 4) is 0 Å². The minimum Gasteiger partial charge on any atom is -0.109 e. The quantitative estimate of drug-likeness (QED) is 0.588. The molecule has 0 N–H and O–H groups in total. The summed E-state index contributed by atoms with van der Waals surface area (Å²) < 4.78 is 3.68. The first-order chi connectivity index (χ1) is 5.29. The standard InChI is InChI=1S/C6H9N4S/c1-5(2)10-6-3-11-4-9(6)7-8-10/h3-5H,1-2H3/q+1. The summed E-state index contributed by atoms with van der Waals surface area (Å²) in [6.07, 6.45) is 0. The number of fused-ring (bicyclic) bond motifs is 1. The second kappa shape index (κ2) is 2.27. The maximum atomic E-state index is 3.99. The number of nitrogens with zero attached hydrogens (tertiary/aromatic N) is 4. The largest absolute Gasteiger partial charge is 0.297 e. The molecule has 4 nitrogen and oxygen atoms in total. The third-order valence-electron chi connectivity index (χ3n) is 1.53. The highest BCUT2D eigenvalue weighted by atomic mass is 32.1. The van der Waals surface area contributed by atoms with Gasteiger partial charge in [0.05, 0.1) is 5.38 Å². The molecule has 0 saturated carbocycles. The molecule has 0 unspecified atom stereocenters. The van der Waals surface area contributed by atoms with Crippen molar-refractivity contribution in [1.29, 1.82) is 0 Å². The highest BCUT2D eigenvalue weighted by Crippen LogP contribution is 2.06. The molecule has 0 spiro atoms. The predicted octanol–water partition coefficient (Wildman–Crippen LogP) is 0.659. The van der Waals surface area contributed by atoms with Crippen molar-refractivity contribution >= 4 is 17.0 Å². The van der Waals surface area contributed by atoms with Gasteiger partial charge in [-0.3, -0.25) is 0 Å². The molecule has 0 aliphatic carbocycles. The smallest absolute Gasteiger partial charge is 0.109 e. The van der Waals surface area contributed by atoms with E-state index in [4.69, 9.17) is 0 Å². The summed E-state index contributed by atoms with van der Waals surface area (Å²) in [6.45, 7) is 4.18. The molecule has 0 amide bonds. The van der Waals surface area contributed by atoms with Gasteiger partial charge in [-0.1, -0.05) is 9.20 Å². The van der Waals surface area contributed by atoms with E-state index in [1.54, 1.807) is 15.9 Å². The third kappa shape index (κ3) is 0.920. The lowest BCUT2D eigenvalue weighted by molar-refractivity contribution is -0.577. The van der Waals surface area contributed by atoms with Crippen LogP contribution < -0.4 is 4.52 Å². The number of rotatable bonds is 1. The van der Waals surface area contributed by atoms with Gasteiger partial charge in [0, 0.05) is 0 Å². The van der Waals surface area contributed by atoms with Crippen LogP contribution in [0.15, 0.2) is 10.9 Å². The first-order valence-corrected chi connectivity index (χ1v) is 4.42. The molecule has 0 aliphatic heterocycles. The van der Waals surface area contributed by atoms with E-state index in [1.807, 2.05) is 15.6 Å². The topological polar surface area (TPSA) is 34.8 Å². The predicted molar refractivity (Wildman–Crippen MR) is 41.4 cm³/mol. The van der Waals surface area contributed by atoms with Crippen LogP contribution in [0.1, 0.15) is 19.9 Å².